The van der Waals surface area contributed by atoms with E-state index in [1.165, 1.54) is 0 Å². The van der Waals surface area contributed by atoms with Crippen LogP contribution in [-0.4, -0.2) is 16.3 Å². The van der Waals surface area contributed by atoms with Gasteiger partial charge < -0.3 is 4.79 Å². The van der Waals surface area contributed by atoms with Crippen LogP contribution in [0.4, 0.5) is 0 Å². The molecule has 0 radical (unpaired) electrons. The summed E-state index contributed by atoms with van der Waals surface area (Å²) >= 11 is 0. The quantitative estimate of drug-likeness (QED) is 0.631. The van der Waals surface area contributed by atoms with E-state index >= 15 is 0 Å². The molecule has 0 N–H and O–H groups in total. The van der Waals surface area contributed by atoms with Crippen LogP contribution in [0, 0.1) is 5.41 Å². The first kappa shape index (κ1) is 8.84. The second-order valence-electron chi connectivity index (χ2n) is 3.48. The largest absolute Gasteiger partial charge is 0.303 e. The molecule has 3 nitrogen and oxygen atoms in total. The van der Waals surface area contributed by atoms with Crippen LogP contribution in [0.2, 0.25) is 0 Å². The third-order valence-electron chi connectivity index (χ3n) is 1.57. The molecule has 0 amide bonds. The van der Waals surface area contributed by atoms with Crippen molar-refractivity contribution in [1.29, 1.82) is 0 Å². The lowest BCUT2D eigenvalue weighted by Gasteiger charge is -2.14. The molecule has 64 valence electrons. The predicted octanol–water partition coefficient (Wildman–Crippen LogP) is 1.24. The van der Waals surface area contributed by atoms with Crippen molar-refractivity contribution in [3.63, 3.8) is 0 Å². The normalized spacial score (nSPS) is 11.2. The second-order valence-corrected chi connectivity index (χ2v) is 3.48. The molecule has 0 saturated heterocycles. The SMILES string of the molecule is CC(C)(C=O)Cc1cnccn1. The smallest absolute Gasteiger partial charge is 0.125 e. The number of hydrogen-bond donors (Lipinski definition) is 0. The topological polar surface area (TPSA) is 42.9 Å². The first-order valence-corrected chi connectivity index (χ1v) is 3.85. The van der Waals surface area contributed by atoms with Crippen molar-refractivity contribution in [2.24, 2.45) is 5.41 Å². The van der Waals surface area contributed by atoms with E-state index in [2.05, 4.69) is 9.97 Å². The molecule has 1 rings (SSSR count). The molecule has 1 aromatic rings. The highest BCUT2D eigenvalue weighted by molar-refractivity contribution is 5.58. The molecular weight excluding hydrogens is 152 g/mol. The van der Waals surface area contributed by atoms with E-state index in [1.807, 2.05) is 13.8 Å². The van der Waals surface area contributed by atoms with Gasteiger partial charge in [0.25, 0.3) is 0 Å². The van der Waals surface area contributed by atoms with Gasteiger partial charge in [-0.05, 0) is 0 Å². The van der Waals surface area contributed by atoms with Gasteiger partial charge in [0, 0.05) is 30.4 Å². The van der Waals surface area contributed by atoms with Crippen molar-refractivity contribution in [2.45, 2.75) is 20.3 Å². The Morgan fingerprint density at radius 2 is 2.25 bits per heavy atom. The van der Waals surface area contributed by atoms with E-state index in [1.54, 1.807) is 18.6 Å². The molecule has 1 heterocycles. The molecule has 0 aliphatic heterocycles. The summed E-state index contributed by atoms with van der Waals surface area (Å²) in [5, 5.41) is 0. The summed E-state index contributed by atoms with van der Waals surface area (Å²) in [7, 11) is 0. The van der Waals surface area contributed by atoms with E-state index in [9.17, 15) is 4.79 Å². The molecule has 0 spiro atoms. The first-order valence-electron chi connectivity index (χ1n) is 3.85. The number of hydrogen-bond acceptors (Lipinski definition) is 3. The number of aldehydes is 1. The minimum Gasteiger partial charge on any atom is -0.303 e. The third kappa shape index (κ3) is 2.42. The maximum absolute atomic E-state index is 10.6. The standard InChI is InChI=1S/C9H12N2O/c1-9(2,7-12)5-8-6-10-3-4-11-8/h3-4,6-7H,5H2,1-2H3. The van der Waals surface area contributed by atoms with Gasteiger partial charge in [-0.1, -0.05) is 13.8 Å². The van der Waals surface area contributed by atoms with Gasteiger partial charge in [0.2, 0.25) is 0 Å². The van der Waals surface area contributed by atoms with Crippen molar-refractivity contribution >= 4 is 6.29 Å². The van der Waals surface area contributed by atoms with Crippen molar-refractivity contribution in [3.05, 3.63) is 24.3 Å². The molecule has 3 heteroatoms. The summed E-state index contributed by atoms with van der Waals surface area (Å²) in [5.41, 5.74) is 0.519. The Morgan fingerprint density at radius 3 is 2.75 bits per heavy atom. The molecule has 0 fully saturated rings. The Hall–Kier alpha value is -1.25. The first-order chi connectivity index (χ1) is 5.64. The lowest BCUT2D eigenvalue weighted by Crippen LogP contribution is -2.17. The highest BCUT2D eigenvalue weighted by Crippen LogP contribution is 2.16. The number of aromatic nitrogens is 2. The van der Waals surface area contributed by atoms with Gasteiger partial charge in [-0.15, -0.1) is 0 Å². The van der Waals surface area contributed by atoms with Crippen molar-refractivity contribution in [3.8, 4) is 0 Å². The van der Waals surface area contributed by atoms with Gasteiger partial charge in [0.15, 0.2) is 0 Å². The third-order valence-corrected chi connectivity index (χ3v) is 1.57. The van der Waals surface area contributed by atoms with Gasteiger partial charge >= 0.3 is 0 Å². The highest BCUT2D eigenvalue weighted by Gasteiger charge is 2.17. The average molecular weight is 164 g/mol. The van der Waals surface area contributed by atoms with Crippen LogP contribution >= 0.6 is 0 Å². The van der Waals surface area contributed by atoms with E-state index in [0.29, 0.717) is 6.42 Å². The van der Waals surface area contributed by atoms with Crippen molar-refractivity contribution in [2.75, 3.05) is 0 Å². The molecule has 0 saturated carbocycles. The van der Waals surface area contributed by atoms with Gasteiger partial charge in [0.05, 0.1) is 5.69 Å². The minimum atomic E-state index is -0.337. The van der Waals surface area contributed by atoms with Crippen molar-refractivity contribution < 1.29 is 4.79 Å². The lowest BCUT2D eigenvalue weighted by molar-refractivity contribution is -0.114. The second kappa shape index (κ2) is 3.43. The summed E-state index contributed by atoms with van der Waals surface area (Å²) in [4.78, 5) is 18.6. The van der Waals surface area contributed by atoms with Crippen LogP contribution in [-0.2, 0) is 11.2 Å². The Labute approximate surface area is 71.9 Å². The van der Waals surface area contributed by atoms with E-state index in [0.717, 1.165) is 12.0 Å². The molecule has 0 aromatic carbocycles. The molecule has 0 aliphatic carbocycles. The number of nitrogens with zero attached hydrogens (tertiary/aromatic N) is 2. The summed E-state index contributed by atoms with van der Waals surface area (Å²) < 4.78 is 0. The number of carbonyl (C=O) groups excluding carboxylic acids is 1. The summed E-state index contributed by atoms with van der Waals surface area (Å²) in [6, 6.07) is 0. The maximum Gasteiger partial charge on any atom is 0.125 e. The lowest BCUT2D eigenvalue weighted by atomic mass is 9.90. The van der Waals surface area contributed by atoms with Crippen LogP contribution in [0.1, 0.15) is 19.5 Å². The molecule has 0 bridgehead atoms. The summed E-state index contributed by atoms with van der Waals surface area (Å²) in [5.74, 6) is 0. The van der Waals surface area contributed by atoms with Gasteiger partial charge in [-0.2, -0.15) is 0 Å². The van der Waals surface area contributed by atoms with Crippen LogP contribution in [0.25, 0.3) is 0 Å². The minimum absolute atomic E-state index is 0.337. The molecule has 0 aliphatic rings. The van der Waals surface area contributed by atoms with Crippen LogP contribution < -0.4 is 0 Å². The molecule has 0 atom stereocenters. The molecule has 12 heavy (non-hydrogen) atoms. The van der Waals surface area contributed by atoms with E-state index < -0.39 is 0 Å². The average Bonchev–Trinajstić information content (AvgIpc) is 2.06. The Morgan fingerprint density at radius 1 is 1.50 bits per heavy atom. The molecule has 0 unspecified atom stereocenters. The highest BCUT2D eigenvalue weighted by atomic mass is 16.1. The zero-order valence-electron chi connectivity index (χ0n) is 7.32. The van der Waals surface area contributed by atoms with E-state index in [4.69, 9.17) is 0 Å². The predicted molar refractivity (Wildman–Crippen MR) is 45.6 cm³/mol. The van der Waals surface area contributed by atoms with Gasteiger partial charge in [-0.25, -0.2) is 0 Å². The van der Waals surface area contributed by atoms with Crippen LogP contribution in [0.5, 0.6) is 0 Å². The number of rotatable bonds is 3. The summed E-state index contributed by atoms with van der Waals surface area (Å²) in [6.07, 6.45) is 6.53. The van der Waals surface area contributed by atoms with Crippen molar-refractivity contribution in [1.82, 2.24) is 9.97 Å². The van der Waals surface area contributed by atoms with Crippen LogP contribution in [0.15, 0.2) is 18.6 Å². The fraction of sp³-hybridized carbons (Fsp3) is 0.444. The van der Waals surface area contributed by atoms with E-state index in [-0.39, 0.29) is 5.41 Å². The van der Waals surface area contributed by atoms with Gasteiger partial charge in [-0.3, -0.25) is 9.97 Å². The molecular formula is C9H12N2O. The Bertz CT molecular complexity index is 256. The monoisotopic (exact) mass is 164 g/mol. The summed E-state index contributed by atoms with van der Waals surface area (Å²) in [6.45, 7) is 3.77. The fourth-order valence-corrected chi connectivity index (χ4v) is 0.930. The Kier molecular flexibility index (Phi) is 2.53. The van der Waals surface area contributed by atoms with Gasteiger partial charge in [0.1, 0.15) is 6.29 Å². The zero-order valence-corrected chi connectivity index (χ0v) is 7.32. The zero-order chi connectivity index (χ0) is 9.03. The maximum atomic E-state index is 10.6. The Balaban J connectivity index is 2.70. The molecule has 1 aromatic heterocycles. The fourth-order valence-electron chi connectivity index (χ4n) is 0.930. The number of carbonyl (C=O) groups is 1. The van der Waals surface area contributed by atoms with Crippen LogP contribution in [0.3, 0.4) is 0 Å².